The van der Waals surface area contributed by atoms with E-state index in [-0.39, 0.29) is 23.8 Å². The minimum atomic E-state index is -2.99. The molecule has 1 N–H and O–H groups in total. The van der Waals surface area contributed by atoms with Crippen LogP contribution in [0.25, 0.3) is 0 Å². The highest BCUT2D eigenvalue weighted by atomic mass is 32.2. The Labute approximate surface area is 101 Å². The van der Waals surface area contributed by atoms with E-state index < -0.39 is 15.7 Å². The summed E-state index contributed by atoms with van der Waals surface area (Å²) in [5, 5.41) is 2.85. The van der Waals surface area contributed by atoms with Crippen LogP contribution in [0.15, 0.2) is 18.2 Å². The molecule has 96 valence electrons. The molecule has 4 nitrogen and oxygen atoms in total. The van der Waals surface area contributed by atoms with Crippen molar-refractivity contribution in [3.63, 3.8) is 0 Å². The van der Waals surface area contributed by atoms with Gasteiger partial charge in [0.25, 0.3) is 0 Å². The van der Waals surface area contributed by atoms with Gasteiger partial charge >= 0.3 is 0 Å². The van der Waals surface area contributed by atoms with Gasteiger partial charge in [0.05, 0.1) is 12.9 Å². The zero-order chi connectivity index (χ0) is 12.9. The third-order valence-corrected chi connectivity index (χ3v) is 4.04. The summed E-state index contributed by atoms with van der Waals surface area (Å²) in [6, 6.07) is 4.41. The van der Waals surface area contributed by atoms with E-state index in [1.807, 2.05) is 0 Å². The van der Waals surface area contributed by atoms with Crippen molar-refractivity contribution in [3.05, 3.63) is 24.0 Å². The number of nitrogens with one attached hydrogen (secondary N) is 1. The highest BCUT2D eigenvalue weighted by Crippen LogP contribution is 2.20. The molecule has 0 saturated heterocycles. The van der Waals surface area contributed by atoms with Gasteiger partial charge in [-0.3, -0.25) is 0 Å². The molecule has 1 aromatic rings. The number of benzene rings is 1. The lowest BCUT2D eigenvalue weighted by Gasteiger charge is -2.08. The molecule has 0 radical (unpaired) electrons. The molecule has 0 atom stereocenters. The van der Waals surface area contributed by atoms with Crippen LogP contribution in [-0.2, 0) is 9.84 Å². The molecule has 1 rings (SSSR count). The van der Waals surface area contributed by atoms with Crippen molar-refractivity contribution in [2.24, 2.45) is 0 Å². The smallest absolute Gasteiger partial charge is 0.167 e. The first-order valence-electron chi connectivity index (χ1n) is 5.26. The van der Waals surface area contributed by atoms with Gasteiger partial charge in [-0.2, -0.15) is 0 Å². The summed E-state index contributed by atoms with van der Waals surface area (Å²) in [4.78, 5) is 0. The van der Waals surface area contributed by atoms with Gasteiger partial charge in [-0.25, -0.2) is 12.8 Å². The average molecular weight is 261 g/mol. The molecule has 0 unspecified atom stereocenters. The molecule has 17 heavy (non-hydrogen) atoms. The second kappa shape index (κ2) is 5.86. The molecular formula is C11H16FNO3S. The molecule has 0 aliphatic heterocycles. The minimum absolute atomic E-state index is 0.0388. The van der Waals surface area contributed by atoms with Gasteiger partial charge in [0.2, 0.25) is 0 Å². The molecule has 0 aliphatic rings. The zero-order valence-electron chi connectivity index (χ0n) is 9.86. The quantitative estimate of drug-likeness (QED) is 0.846. The lowest BCUT2D eigenvalue weighted by atomic mass is 10.3. The number of hydrogen-bond donors (Lipinski definition) is 1. The molecule has 0 amide bonds. The Morgan fingerprint density at radius 3 is 2.65 bits per heavy atom. The van der Waals surface area contributed by atoms with Gasteiger partial charge in [0, 0.05) is 24.1 Å². The highest BCUT2D eigenvalue weighted by molar-refractivity contribution is 7.91. The normalized spacial score (nSPS) is 11.2. The maximum atomic E-state index is 13.3. The minimum Gasteiger partial charge on any atom is -0.494 e. The predicted octanol–water partition coefficient (Wildman–Crippen LogP) is 1.68. The summed E-state index contributed by atoms with van der Waals surface area (Å²) in [5.41, 5.74) is 0.537. The molecule has 0 saturated carbocycles. The Hall–Kier alpha value is -1.30. The molecule has 0 spiro atoms. The SMILES string of the molecule is CCS(=O)(=O)CCNc1ccc(OC)c(F)c1. The fourth-order valence-corrected chi connectivity index (χ4v) is 1.97. The molecule has 0 heterocycles. The lowest BCUT2D eigenvalue weighted by Crippen LogP contribution is -2.17. The number of ether oxygens (including phenoxy) is 1. The van der Waals surface area contributed by atoms with E-state index in [1.54, 1.807) is 13.0 Å². The first-order valence-corrected chi connectivity index (χ1v) is 7.08. The third-order valence-electron chi connectivity index (χ3n) is 2.33. The largest absolute Gasteiger partial charge is 0.494 e. The standard InChI is InChI=1S/C11H16FNO3S/c1-3-17(14,15)7-6-13-9-4-5-11(16-2)10(12)8-9/h4-5,8,13H,3,6-7H2,1-2H3. The number of rotatable bonds is 6. The van der Waals surface area contributed by atoms with Gasteiger partial charge in [0.15, 0.2) is 21.4 Å². The van der Waals surface area contributed by atoms with Crippen molar-refractivity contribution >= 4 is 15.5 Å². The van der Waals surface area contributed by atoms with Crippen LogP contribution in [0.4, 0.5) is 10.1 Å². The van der Waals surface area contributed by atoms with Crippen LogP contribution in [0.2, 0.25) is 0 Å². The van der Waals surface area contributed by atoms with Crippen LogP contribution in [0.3, 0.4) is 0 Å². The molecule has 6 heteroatoms. The fraction of sp³-hybridized carbons (Fsp3) is 0.455. The Bertz CT molecular complexity index is 474. The number of sulfone groups is 1. The maximum absolute atomic E-state index is 13.3. The first kappa shape index (κ1) is 13.8. The first-order chi connectivity index (χ1) is 7.98. The van der Waals surface area contributed by atoms with Gasteiger partial charge < -0.3 is 10.1 Å². The van der Waals surface area contributed by atoms with Crippen LogP contribution in [-0.4, -0.2) is 33.6 Å². The van der Waals surface area contributed by atoms with Crippen LogP contribution < -0.4 is 10.1 Å². The van der Waals surface area contributed by atoms with Gasteiger partial charge in [0.1, 0.15) is 0 Å². The van der Waals surface area contributed by atoms with E-state index in [9.17, 15) is 12.8 Å². The lowest BCUT2D eigenvalue weighted by molar-refractivity contribution is 0.386. The van der Waals surface area contributed by atoms with Crippen LogP contribution in [0, 0.1) is 5.82 Å². The second-order valence-electron chi connectivity index (χ2n) is 3.51. The van der Waals surface area contributed by atoms with E-state index in [0.717, 1.165) is 0 Å². The van der Waals surface area contributed by atoms with Crippen molar-refractivity contribution in [2.75, 3.05) is 30.5 Å². The van der Waals surface area contributed by atoms with Crippen molar-refractivity contribution in [2.45, 2.75) is 6.92 Å². The maximum Gasteiger partial charge on any atom is 0.167 e. The summed E-state index contributed by atoms with van der Waals surface area (Å²) >= 11 is 0. The molecule has 0 bridgehead atoms. The topological polar surface area (TPSA) is 55.4 Å². The van der Waals surface area contributed by atoms with E-state index in [1.165, 1.54) is 19.2 Å². The van der Waals surface area contributed by atoms with E-state index in [0.29, 0.717) is 5.69 Å². The van der Waals surface area contributed by atoms with Crippen LogP contribution in [0.1, 0.15) is 6.92 Å². The van der Waals surface area contributed by atoms with Gasteiger partial charge in [-0.05, 0) is 12.1 Å². The summed E-state index contributed by atoms with van der Waals surface area (Å²) in [6.07, 6.45) is 0. The van der Waals surface area contributed by atoms with Crippen molar-refractivity contribution in [1.29, 1.82) is 0 Å². The van der Waals surface area contributed by atoms with Crippen LogP contribution >= 0.6 is 0 Å². The molecule has 0 aliphatic carbocycles. The molecule has 0 fully saturated rings. The predicted molar refractivity (Wildman–Crippen MR) is 65.8 cm³/mol. The Kier molecular flexibility index (Phi) is 4.74. The molecule has 1 aromatic carbocycles. The Morgan fingerprint density at radius 2 is 2.12 bits per heavy atom. The summed E-state index contributed by atoms with van der Waals surface area (Å²) in [5.74, 6) is -0.157. The molecular weight excluding hydrogens is 245 g/mol. The van der Waals surface area contributed by atoms with Crippen molar-refractivity contribution < 1.29 is 17.5 Å². The number of methoxy groups -OCH3 is 1. The second-order valence-corrected chi connectivity index (χ2v) is 5.99. The van der Waals surface area contributed by atoms with Crippen molar-refractivity contribution in [3.8, 4) is 5.75 Å². The highest BCUT2D eigenvalue weighted by Gasteiger charge is 2.07. The third kappa shape index (κ3) is 4.22. The number of halogens is 1. The van der Waals surface area contributed by atoms with E-state index in [4.69, 9.17) is 4.74 Å². The summed E-state index contributed by atoms with van der Waals surface area (Å²) in [6.45, 7) is 1.87. The summed E-state index contributed by atoms with van der Waals surface area (Å²) < 4.78 is 40.5. The van der Waals surface area contributed by atoms with Crippen LogP contribution in [0.5, 0.6) is 5.75 Å². The van der Waals surface area contributed by atoms with Crippen molar-refractivity contribution in [1.82, 2.24) is 0 Å². The number of hydrogen-bond acceptors (Lipinski definition) is 4. The molecule has 0 aromatic heterocycles. The fourth-order valence-electron chi connectivity index (χ4n) is 1.27. The number of anilines is 1. The van der Waals surface area contributed by atoms with Gasteiger partial charge in [-0.1, -0.05) is 6.92 Å². The monoisotopic (exact) mass is 261 g/mol. The zero-order valence-corrected chi connectivity index (χ0v) is 10.7. The Balaban J connectivity index is 2.56. The van der Waals surface area contributed by atoms with E-state index >= 15 is 0 Å². The van der Waals surface area contributed by atoms with E-state index in [2.05, 4.69) is 5.32 Å². The average Bonchev–Trinajstić information content (AvgIpc) is 2.29. The van der Waals surface area contributed by atoms with Gasteiger partial charge in [-0.15, -0.1) is 0 Å². The Morgan fingerprint density at radius 1 is 1.41 bits per heavy atom. The summed E-state index contributed by atoms with van der Waals surface area (Å²) in [7, 11) is -1.61.